The first kappa shape index (κ1) is 62.9. The Labute approximate surface area is 447 Å². The number of carbonyl (C=O) groups excluding carboxylic acids is 6. The van der Waals surface area contributed by atoms with Crippen LogP contribution in [-0.2, 0) is 51.9 Å². The Morgan fingerprint density at radius 1 is 0.757 bits per heavy atom. The quantitative estimate of drug-likeness (QED) is 0.0721. The molecule has 2 aromatic carbocycles. The van der Waals surface area contributed by atoms with Crippen molar-refractivity contribution in [2.75, 3.05) is 19.8 Å². The lowest BCUT2D eigenvalue weighted by Gasteiger charge is -2.32. The summed E-state index contributed by atoms with van der Waals surface area (Å²) in [5, 5.41) is 43.3. The lowest BCUT2D eigenvalue weighted by atomic mass is 9.97. The van der Waals surface area contributed by atoms with Gasteiger partial charge in [0.15, 0.2) is 41.1 Å². The number of ketones is 4. The van der Waals surface area contributed by atoms with E-state index in [-0.39, 0.29) is 35.6 Å². The number of halogens is 5. The fourth-order valence-corrected chi connectivity index (χ4v) is 11.6. The van der Waals surface area contributed by atoms with E-state index in [9.17, 15) is 52.5 Å². The maximum absolute atomic E-state index is 15.5. The summed E-state index contributed by atoms with van der Waals surface area (Å²) in [5.41, 5.74) is -4.65. The molecule has 0 radical (unpaired) electrons. The smallest absolute Gasteiger partial charge is 0.422 e. The van der Waals surface area contributed by atoms with Gasteiger partial charge in [-0.25, -0.2) is 28.1 Å². The molecule has 0 aromatic heterocycles. The molecule has 4 aliphatic heterocycles. The van der Waals surface area contributed by atoms with E-state index in [2.05, 4.69) is 42.0 Å². The van der Waals surface area contributed by atoms with Gasteiger partial charge in [0, 0.05) is 32.6 Å². The lowest BCUT2D eigenvalue weighted by molar-refractivity contribution is -0.151. The van der Waals surface area contributed by atoms with Gasteiger partial charge in [0.2, 0.25) is 11.8 Å². The van der Waals surface area contributed by atoms with Crippen LogP contribution in [-0.4, -0.2) is 145 Å². The molecule has 21 nitrogen and oxygen atoms in total. The number of hydrogen-bond donors (Lipinski definition) is 6. The molecule has 2 fully saturated rings. The molecule has 4 heterocycles. The van der Waals surface area contributed by atoms with Gasteiger partial charge in [0.1, 0.15) is 48.3 Å². The topological polar surface area (TPSA) is 294 Å². The zero-order valence-corrected chi connectivity index (χ0v) is 46.7. The summed E-state index contributed by atoms with van der Waals surface area (Å²) >= 11 is 12.4. The Morgan fingerprint density at radius 3 is 1.55 bits per heavy atom. The monoisotopic (exact) mass is 1230 g/mol. The number of ether oxygens (including phenoxy) is 2. The van der Waals surface area contributed by atoms with Crippen LogP contribution in [0.15, 0.2) is 82.0 Å². The number of benzene rings is 2. The molecular weight excluding hydrogens is 1180 g/mol. The van der Waals surface area contributed by atoms with Crippen LogP contribution >= 0.6 is 57.7 Å². The summed E-state index contributed by atoms with van der Waals surface area (Å²) in [6.45, 7) is 4.96. The number of amides is 2. The van der Waals surface area contributed by atoms with Crippen molar-refractivity contribution in [3.8, 4) is 11.5 Å². The van der Waals surface area contributed by atoms with Crippen LogP contribution in [0.25, 0.3) is 0 Å². The second-order valence-electron chi connectivity index (χ2n) is 18.2. The number of alkyl halides is 2. The minimum atomic E-state index is -4.25. The lowest BCUT2D eigenvalue weighted by Crippen LogP contribution is -2.51. The standard InChI is InChI=1S/C23H29BrFN2O8P.C12H16BrClNO4P.C11H14FNO5/c1-13(2)20(14(3)28)26-36(32,35-17-7-5-15(24)6-8-17)33-12-18-21(31)23(4,25)22(34-18)27-10-9-16(29)11-19(27)30;1-8(2)12(11(17)7-16)15-20(14,18)19-10-5-3-9(13)4-6-10;1-11(12)9(17)7(5-14)18-10(11)13-3-2-6(15)4-8(13)16/h5-10,13,18,20-22,31H,11-12H2,1-4H3,(H,26,32);3-6,8,12,16H,7H2,1-2H3,(H,15,18);2-3,7,9-10,14,17H,4-5H2,1H3/t18-,20+,21-,22-,23-,36?;12-,20?;7-,9-,10-,11-/m101/s1. The maximum Gasteiger partial charge on any atom is 0.459 e. The highest BCUT2D eigenvalue weighted by atomic mass is 79.9. The number of allylic oxidation sites excluding steroid dienone is 2. The molecule has 2 saturated heterocycles. The predicted octanol–water partition coefficient (Wildman–Crippen LogP) is 5.74. The number of carbonyl (C=O) groups is 6. The molecule has 2 aromatic rings. The Balaban J connectivity index is 0.000000263. The van der Waals surface area contributed by atoms with Gasteiger partial charge in [-0.3, -0.25) is 43.1 Å². The molecule has 2 unspecified atom stereocenters. The van der Waals surface area contributed by atoms with E-state index in [4.69, 9.17) is 44.5 Å². The van der Waals surface area contributed by atoms with Crippen molar-refractivity contribution in [1.82, 2.24) is 20.0 Å². The molecule has 0 bridgehead atoms. The minimum absolute atomic E-state index is 0.176. The van der Waals surface area contributed by atoms with Crippen LogP contribution in [0.3, 0.4) is 0 Å². The number of aliphatic hydroxyl groups excluding tert-OH is 4. The average molecular weight is 1240 g/mol. The number of aliphatic hydroxyl groups is 4. The fraction of sp³-hybridized carbons (Fsp3) is 0.522. The second kappa shape index (κ2) is 26.6. The van der Waals surface area contributed by atoms with Crippen molar-refractivity contribution in [2.45, 2.75) is 122 Å². The number of hydrogen-bond acceptors (Lipinski definition) is 17. The number of Topliss-reactive ketones (excluding diaryl/α,β-unsaturated/α-hetero) is 2. The fourth-order valence-electron chi connectivity index (χ4n) is 7.51. The van der Waals surface area contributed by atoms with Crippen molar-refractivity contribution in [1.29, 1.82) is 0 Å². The Bertz CT molecular complexity index is 2510. The van der Waals surface area contributed by atoms with E-state index in [0.717, 1.165) is 57.1 Å². The molecule has 2 amide bonds. The predicted molar refractivity (Wildman–Crippen MR) is 270 cm³/mol. The highest BCUT2D eigenvalue weighted by Gasteiger charge is 2.59. The first-order chi connectivity index (χ1) is 34.4. The van der Waals surface area contributed by atoms with Gasteiger partial charge in [-0.1, -0.05) is 59.6 Å². The molecule has 6 N–H and O–H groups in total. The molecule has 74 heavy (non-hydrogen) atoms. The molecule has 0 aliphatic carbocycles. The first-order valence-electron chi connectivity index (χ1n) is 22.7. The van der Waals surface area contributed by atoms with E-state index in [1.807, 2.05) is 0 Å². The summed E-state index contributed by atoms with van der Waals surface area (Å²) in [6.07, 6.45) is -4.92. The van der Waals surface area contributed by atoms with Crippen molar-refractivity contribution < 1.29 is 90.1 Å². The van der Waals surface area contributed by atoms with Crippen LogP contribution in [0.5, 0.6) is 11.5 Å². The summed E-state index contributed by atoms with van der Waals surface area (Å²) in [7, 11) is -4.25. The van der Waals surface area contributed by atoms with Crippen LogP contribution in [0.1, 0.15) is 61.3 Å². The van der Waals surface area contributed by atoms with E-state index >= 15 is 4.39 Å². The number of nitrogens with zero attached hydrogens (tertiary/aromatic N) is 2. The number of rotatable bonds is 19. The van der Waals surface area contributed by atoms with Crippen molar-refractivity contribution in [3.63, 3.8) is 0 Å². The molecular formula is C46H59Br2ClF2N4O17P2. The van der Waals surface area contributed by atoms with Gasteiger partial charge in [-0.15, -0.1) is 0 Å². The van der Waals surface area contributed by atoms with Gasteiger partial charge < -0.3 is 38.9 Å². The third-order valence-electron chi connectivity index (χ3n) is 11.5. The van der Waals surface area contributed by atoms with Crippen LogP contribution in [0, 0.1) is 11.8 Å². The molecule has 6 rings (SSSR count). The van der Waals surface area contributed by atoms with E-state index < -0.39 is 125 Å². The zero-order valence-electron chi connectivity index (χ0n) is 41.0. The summed E-state index contributed by atoms with van der Waals surface area (Å²) in [4.78, 5) is 72.0. The second-order valence-corrected chi connectivity index (χ2v) is 24.5. The van der Waals surface area contributed by atoms with Crippen molar-refractivity contribution in [2.24, 2.45) is 11.8 Å². The summed E-state index contributed by atoms with van der Waals surface area (Å²) in [6, 6.07) is 11.3. The third-order valence-corrected chi connectivity index (χ3v) is 15.7. The maximum atomic E-state index is 15.5. The molecule has 12 atom stereocenters. The van der Waals surface area contributed by atoms with Crippen LogP contribution < -0.4 is 19.2 Å². The van der Waals surface area contributed by atoms with Crippen LogP contribution in [0.2, 0.25) is 0 Å². The summed E-state index contributed by atoms with van der Waals surface area (Å²) in [5.74, 6) is -2.82. The molecule has 0 saturated carbocycles. The van der Waals surface area contributed by atoms with Crippen molar-refractivity contribution >= 4 is 92.7 Å². The van der Waals surface area contributed by atoms with Crippen LogP contribution in [0.4, 0.5) is 8.78 Å². The average Bonchev–Trinajstić information content (AvgIpc) is 3.69. The van der Waals surface area contributed by atoms with Gasteiger partial charge in [-0.05, 0) is 93.3 Å². The zero-order chi connectivity index (χ0) is 55.7. The third kappa shape index (κ3) is 16.7. The van der Waals surface area contributed by atoms with Gasteiger partial charge >= 0.3 is 14.6 Å². The van der Waals surface area contributed by atoms with Gasteiger partial charge in [0.05, 0.1) is 38.1 Å². The summed E-state index contributed by atoms with van der Waals surface area (Å²) < 4.78 is 84.5. The highest BCUT2D eigenvalue weighted by molar-refractivity contribution is 9.10. The van der Waals surface area contributed by atoms with E-state index in [1.54, 1.807) is 64.1 Å². The highest BCUT2D eigenvalue weighted by Crippen LogP contribution is 2.50. The first-order valence-corrected chi connectivity index (χ1v) is 28.4. The van der Waals surface area contributed by atoms with Gasteiger partial charge in [-0.2, -0.15) is 0 Å². The Morgan fingerprint density at radius 2 is 1.18 bits per heavy atom. The van der Waals surface area contributed by atoms with E-state index in [1.165, 1.54) is 19.1 Å². The molecule has 0 spiro atoms. The molecule has 28 heteroatoms. The number of nitrogens with one attached hydrogen (secondary N) is 2. The normalized spacial score (nSPS) is 28.2. The molecule has 4 aliphatic rings. The largest absolute Gasteiger partial charge is 0.459 e. The Kier molecular flexibility index (Phi) is 22.6. The minimum Gasteiger partial charge on any atom is -0.422 e. The Hall–Kier alpha value is -3.65. The van der Waals surface area contributed by atoms with E-state index in [0.29, 0.717) is 5.75 Å². The molecule has 410 valence electrons. The SMILES string of the molecule is CC(=O)[C@@H](NP(=O)(OC[C@H]1O[C@@H](N2C=CC(=O)CC2=O)[C@](C)(F)[C@@H]1O)Oc1ccc(Br)cc1)C(C)C.CC(C)[C@H](NP(=O)(Cl)Oc1ccc(Br)cc1)C(=O)CO.C[C@@]1(F)[C@H](O)[C@@H](CO)O[C@H]1N1C=CC(=O)CC1=O. The van der Waals surface area contributed by atoms with Gasteiger partial charge in [0.25, 0.3) is 0 Å². The van der Waals surface area contributed by atoms with Crippen molar-refractivity contribution in [3.05, 3.63) is 82.0 Å².